The number of nitrogens with one attached hydrogen (secondary N) is 1. The molecule has 0 aliphatic rings. The van der Waals surface area contributed by atoms with Crippen molar-refractivity contribution in [1.82, 2.24) is 14.3 Å². The Balaban J connectivity index is 1.57. The second kappa shape index (κ2) is 10.6. The molecule has 0 saturated carbocycles. The molecule has 176 valence electrons. The summed E-state index contributed by atoms with van der Waals surface area (Å²) in [6.45, 7) is 1.47. The first-order chi connectivity index (χ1) is 16.5. The molecule has 1 aromatic heterocycles. The van der Waals surface area contributed by atoms with E-state index in [-0.39, 0.29) is 5.82 Å². The first kappa shape index (κ1) is 23.7. The van der Waals surface area contributed by atoms with Crippen LogP contribution in [0.15, 0.2) is 72.8 Å². The van der Waals surface area contributed by atoms with Gasteiger partial charge in [-0.05, 0) is 54.2 Å². The molecular formula is C26H28FN4O2S+. The maximum Gasteiger partial charge on any atom is 0.207 e. The van der Waals surface area contributed by atoms with Crippen LogP contribution < -0.4 is 14.4 Å². The van der Waals surface area contributed by atoms with Gasteiger partial charge in [-0.25, -0.2) is 4.39 Å². The van der Waals surface area contributed by atoms with Crippen LogP contribution in [-0.4, -0.2) is 42.2 Å². The molecule has 0 bridgehead atoms. The molecular weight excluding hydrogens is 451 g/mol. The van der Waals surface area contributed by atoms with Crippen LogP contribution in [0.1, 0.15) is 5.56 Å². The number of rotatable bonds is 9. The van der Waals surface area contributed by atoms with Gasteiger partial charge in [-0.15, -0.1) is 5.10 Å². The maximum absolute atomic E-state index is 13.5. The molecule has 6 nitrogen and oxygen atoms in total. The molecule has 0 aliphatic carbocycles. The van der Waals surface area contributed by atoms with Crippen LogP contribution in [0.5, 0.6) is 11.5 Å². The number of ether oxygens (including phenoxy) is 2. The molecule has 4 aromatic rings. The Morgan fingerprint density at radius 1 is 0.941 bits per heavy atom. The van der Waals surface area contributed by atoms with Crippen molar-refractivity contribution in [2.45, 2.75) is 13.1 Å². The number of quaternary nitrogens is 1. The van der Waals surface area contributed by atoms with Gasteiger partial charge in [0.1, 0.15) is 5.82 Å². The molecule has 1 N–H and O–H groups in total. The standard InChI is InChI=1S/C26H27FN4O2S/c1-29(16-15-19-9-14-23(32-2)24(17-19)33-3)18-30-26(34)31(22-12-10-21(27)11-13-22)25(28-30)20-7-5-4-6-8-20/h4-14,17H,15-16,18H2,1-3H3/p+1. The van der Waals surface area contributed by atoms with E-state index in [1.54, 1.807) is 26.4 Å². The zero-order valence-corrected chi connectivity index (χ0v) is 20.3. The first-order valence-corrected chi connectivity index (χ1v) is 11.4. The van der Waals surface area contributed by atoms with Crippen molar-refractivity contribution in [1.29, 1.82) is 0 Å². The molecule has 34 heavy (non-hydrogen) atoms. The Bertz CT molecular complexity index is 1300. The van der Waals surface area contributed by atoms with Gasteiger partial charge in [-0.1, -0.05) is 36.4 Å². The number of hydrogen-bond donors (Lipinski definition) is 1. The van der Waals surface area contributed by atoms with Crippen LogP contribution >= 0.6 is 12.2 Å². The van der Waals surface area contributed by atoms with E-state index in [2.05, 4.69) is 13.1 Å². The predicted octanol–water partition coefficient (Wildman–Crippen LogP) is 3.94. The van der Waals surface area contributed by atoms with E-state index < -0.39 is 0 Å². The molecule has 4 rings (SSSR count). The summed E-state index contributed by atoms with van der Waals surface area (Å²) in [5, 5.41) is 4.85. The average Bonchev–Trinajstić information content (AvgIpc) is 3.19. The highest BCUT2D eigenvalue weighted by Gasteiger charge is 2.17. The minimum Gasteiger partial charge on any atom is -0.493 e. The average molecular weight is 480 g/mol. The van der Waals surface area contributed by atoms with Gasteiger partial charge in [0.05, 0.1) is 33.5 Å². The summed E-state index contributed by atoms with van der Waals surface area (Å²) in [5.74, 6) is 1.89. The molecule has 0 spiro atoms. The molecule has 0 aliphatic heterocycles. The Labute approximate surface area is 203 Å². The SMILES string of the molecule is COc1ccc(CC[NH+](C)Cn2nc(-c3ccccc3)n(-c3ccc(F)cc3)c2=S)cc1OC. The van der Waals surface area contributed by atoms with Crippen LogP contribution in [0.25, 0.3) is 17.1 Å². The highest BCUT2D eigenvalue weighted by atomic mass is 32.1. The summed E-state index contributed by atoms with van der Waals surface area (Å²) < 4.78 is 28.6. The number of benzene rings is 3. The highest BCUT2D eigenvalue weighted by Crippen LogP contribution is 2.27. The molecule has 1 heterocycles. The molecule has 0 amide bonds. The number of likely N-dealkylation sites (N-methyl/N-ethyl adjacent to an activating group) is 1. The lowest BCUT2D eigenvalue weighted by molar-refractivity contribution is -0.903. The second-order valence-corrected chi connectivity index (χ2v) is 8.45. The molecule has 1 unspecified atom stereocenters. The molecule has 8 heteroatoms. The summed E-state index contributed by atoms with van der Waals surface area (Å²) in [7, 11) is 5.39. The number of hydrogen-bond acceptors (Lipinski definition) is 4. The summed E-state index contributed by atoms with van der Waals surface area (Å²) >= 11 is 5.81. The number of nitrogens with zero attached hydrogens (tertiary/aromatic N) is 3. The third-order valence-corrected chi connectivity index (χ3v) is 6.06. The van der Waals surface area contributed by atoms with Crippen molar-refractivity contribution in [3.05, 3.63) is 88.9 Å². The van der Waals surface area contributed by atoms with Gasteiger partial charge in [0, 0.05) is 12.0 Å². The maximum atomic E-state index is 13.5. The fraction of sp³-hybridized carbons (Fsp3) is 0.231. The molecule has 0 radical (unpaired) electrons. The van der Waals surface area contributed by atoms with Crippen molar-refractivity contribution in [3.8, 4) is 28.6 Å². The van der Waals surface area contributed by atoms with E-state index in [1.165, 1.54) is 22.6 Å². The Kier molecular flexibility index (Phi) is 7.40. The Morgan fingerprint density at radius 3 is 2.32 bits per heavy atom. The van der Waals surface area contributed by atoms with Crippen LogP contribution in [0.2, 0.25) is 0 Å². The minimum atomic E-state index is -0.289. The van der Waals surface area contributed by atoms with Crippen molar-refractivity contribution >= 4 is 12.2 Å². The minimum absolute atomic E-state index is 0.289. The van der Waals surface area contributed by atoms with Crippen molar-refractivity contribution in [3.63, 3.8) is 0 Å². The van der Waals surface area contributed by atoms with Gasteiger partial charge in [0.2, 0.25) is 4.77 Å². The summed E-state index contributed by atoms with van der Waals surface area (Å²) in [6, 6.07) is 22.2. The lowest BCUT2D eigenvalue weighted by Crippen LogP contribution is -3.08. The van der Waals surface area contributed by atoms with Gasteiger partial charge in [0.25, 0.3) is 0 Å². The molecule has 0 fully saturated rings. The summed E-state index contributed by atoms with van der Waals surface area (Å²) in [5.41, 5.74) is 2.89. The topological polar surface area (TPSA) is 45.7 Å². The van der Waals surface area contributed by atoms with Gasteiger partial charge >= 0.3 is 0 Å². The van der Waals surface area contributed by atoms with Gasteiger partial charge in [-0.2, -0.15) is 4.68 Å². The van der Waals surface area contributed by atoms with Crippen molar-refractivity contribution < 1.29 is 18.8 Å². The van der Waals surface area contributed by atoms with Crippen LogP contribution in [-0.2, 0) is 13.1 Å². The largest absolute Gasteiger partial charge is 0.493 e. The summed E-state index contributed by atoms with van der Waals surface area (Å²) in [6.07, 6.45) is 0.865. The Morgan fingerprint density at radius 2 is 1.65 bits per heavy atom. The second-order valence-electron chi connectivity index (χ2n) is 8.09. The monoisotopic (exact) mass is 479 g/mol. The van der Waals surface area contributed by atoms with Crippen LogP contribution in [0.3, 0.4) is 0 Å². The smallest absolute Gasteiger partial charge is 0.207 e. The highest BCUT2D eigenvalue weighted by molar-refractivity contribution is 7.71. The first-order valence-electron chi connectivity index (χ1n) is 11.0. The number of methoxy groups -OCH3 is 2. The summed E-state index contributed by atoms with van der Waals surface area (Å²) in [4.78, 5) is 1.24. The molecule has 0 saturated heterocycles. The fourth-order valence-corrected chi connectivity index (χ4v) is 4.13. The fourth-order valence-electron chi connectivity index (χ4n) is 3.84. The van der Waals surface area contributed by atoms with Gasteiger partial charge in [0.15, 0.2) is 24.0 Å². The van der Waals surface area contributed by atoms with Gasteiger partial charge in [-0.3, -0.25) is 4.57 Å². The number of aromatic nitrogens is 3. The molecule has 3 aromatic carbocycles. The van der Waals surface area contributed by atoms with E-state index in [1.807, 2.05) is 51.7 Å². The van der Waals surface area contributed by atoms with Crippen molar-refractivity contribution in [2.24, 2.45) is 0 Å². The van der Waals surface area contributed by atoms with Crippen LogP contribution in [0.4, 0.5) is 4.39 Å². The Hall–Kier alpha value is -3.49. The third-order valence-electron chi connectivity index (χ3n) is 5.66. The van der Waals surface area contributed by atoms with E-state index in [4.69, 9.17) is 26.8 Å². The normalized spacial score (nSPS) is 11.9. The van der Waals surface area contributed by atoms with E-state index in [0.29, 0.717) is 11.4 Å². The number of halogens is 1. The zero-order chi connectivity index (χ0) is 24.1. The van der Waals surface area contributed by atoms with Crippen LogP contribution in [0, 0.1) is 10.6 Å². The third kappa shape index (κ3) is 5.18. The predicted molar refractivity (Wildman–Crippen MR) is 133 cm³/mol. The van der Waals surface area contributed by atoms with E-state index in [0.717, 1.165) is 41.5 Å². The van der Waals surface area contributed by atoms with E-state index >= 15 is 0 Å². The lowest BCUT2D eigenvalue weighted by atomic mass is 10.1. The lowest BCUT2D eigenvalue weighted by Gasteiger charge is -2.14. The van der Waals surface area contributed by atoms with E-state index in [9.17, 15) is 4.39 Å². The zero-order valence-electron chi connectivity index (χ0n) is 19.5. The molecule has 1 atom stereocenters. The van der Waals surface area contributed by atoms with Crippen molar-refractivity contribution in [2.75, 3.05) is 27.8 Å². The quantitative estimate of drug-likeness (QED) is 0.370. The van der Waals surface area contributed by atoms with Gasteiger partial charge < -0.3 is 14.4 Å².